The molecule has 22 heavy (non-hydrogen) atoms. The lowest BCUT2D eigenvalue weighted by Crippen LogP contribution is -2.44. The Morgan fingerprint density at radius 2 is 2.18 bits per heavy atom. The van der Waals surface area contributed by atoms with Gasteiger partial charge in [-0.05, 0) is 38.0 Å². The summed E-state index contributed by atoms with van der Waals surface area (Å²) in [5.74, 6) is -0.409. The average molecular weight is 329 g/mol. The van der Waals surface area contributed by atoms with Crippen molar-refractivity contribution in [3.05, 3.63) is 24.0 Å². The van der Waals surface area contributed by atoms with Crippen molar-refractivity contribution in [2.75, 3.05) is 20.2 Å². The van der Waals surface area contributed by atoms with E-state index in [4.69, 9.17) is 9.47 Å². The number of halogens is 1. The smallest absolute Gasteiger partial charge is 0.243 e. The van der Waals surface area contributed by atoms with Crippen LogP contribution in [0.4, 0.5) is 4.39 Å². The Kier molecular flexibility index (Phi) is 4.13. The predicted octanol–water partition coefficient (Wildman–Crippen LogP) is 2.02. The van der Waals surface area contributed by atoms with Crippen molar-refractivity contribution >= 4 is 10.0 Å². The van der Waals surface area contributed by atoms with Crippen LogP contribution in [0.25, 0.3) is 0 Å². The van der Waals surface area contributed by atoms with Gasteiger partial charge in [0.2, 0.25) is 10.0 Å². The first-order chi connectivity index (χ1) is 10.4. The summed E-state index contributed by atoms with van der Waals surface area (Å²) >= 11 is 0. The molecule has 0 spiro atoms. The van der Waals surface area contributed by atoms with Crippen molar-refractivity contribution < 1.29 is 22.3 Å². The zero-order chi connectivity index (χ0) is 15.9. The van der Waals surface area contributed by atoms with Crippen LogP contribution in [-0.2, 0) is 14.8 Å². The minimum Gasteiger partial charge on any atom is -0.494 e. The summed E-state index contributed by atoms with van der Waals surface area (Å²) in [6, 6.07) is 3.75. The first-order valence-electron chi connectivity index (χ1n) is 7.41. The molecule has 0 aromatic heterocycles. The number of rotatable bonds is 3. The number of piperidine rings is 1. The molecule has 0 radical (unpaired) electrons. The zero-order valence-electron chi connectivity index (χ0n) is 12.7. The van der Waals surface area contributed by atoms with Gasteiger partial charge < -0.3 is 9.47 Å². The normalized spacial score (nSPS) is 29.3. The lowest BCUT2D eigenvalue weighted by Gasteiger charge is -2.33. The third-order valence-electron chi connectivity index (χ3n) is 4.43. The Hall–Kier alpha value is -1.18. The number of ether oxygens (including phenoxy) is 2. The van der Waals surface area contributed by atoms with E-state index in [1.54, 1.807) is 0 Å². The van der Waals surface area contributed by atoms with Gasteiger partial charge in [0, 0.05) is 19.0 Å². The van der Waals surface area contributed by atoms with Gasteiger partial charge in [-0.2, -0.15) is 4.31 Å². The molecular weight excluding hydrogens is 309 g/mol. The van der Waals surface area contributed by atoms with Gasteiger partial charge in [-0.3, -0.25) is 0 Å². The van der Waals surface area contributed by atoms with Crippen LogP contribution in [0.15, 0.2) is 23.1 Å². The molecule has 0 N–H and O–H groups in total. The van der Waals surface area contributed by atoms with Crippen LogP contribution in [0.2, 0.25) is 0 Å². The average Bonchev–Trinajstić information content (AvgIpc) is 2.86. The summed E-state index contributed by atoms with van der Waals surface area (Å²) in [7, 11) is -2.34. The molecule has 0 bridgehead atoms. The molecule has 2 aliphatic heterocycles. The van der Waals surface area contributed by atoms with Gasteiger partial charge in [-0.15, -0.1) is 0 Å². The van der Waals surface area contributed by atoms with Crippen LogP contribution in [0.5, 0.6) is 5.75 Å². The molecule has 3 rings (SSSR count). The van der Waals surface area contributed by atoms with E-state index in [0.717, 1.165) is 12.5 Å². The monoisotopic (exact) mass is 329 g/mol. The van der Waals surface area contributed by atoms with Crippen LogP contribution in [0.3, 0.4) is 0 Å². The number of benzene rings is 1. The van der Waals surface area contributed by atoms with E-state index in [9.17, 15) is 12.8 Å². The minimum atomic E-state index is -3.68. The van der Waals surface area contributed by atoms with Crippen molar-refractivity contribution in [1.29, 1.82) is 0 Å². The summed E-state index contributed by atoms with van der Waals surface area (Å²) in [6.45, 7) is 2.85. The first-order valence-corrected chi connectivity index (χ1v) is 8.85. The van der Waals surface area contributed by atoms with Gasteiger partial charge in [0.25, 0.3) is 0 Å². The standard InChI is InChI=1S/C15H20FNO4S/c1-10-7-11-9-17(6-5-14(11)21-10)22(18,19)12-3-4-15(20-2)13(16)8-12/h3-4,8,10-11,14H,5-7,9H2,1-2H3/t10-,11-,14-/m0/s1. The summed E-state index contributed by atoms with van der Waals surface area (Å²) < 4.78 is 51.2. The number of nitrogens with zero attached hydrogens (tertiary/aromatic N) is 1. The van der Waals surface area contributed by atoms with Crippen molar-refractivity contribution in [1.82, 2.24) is 4.31 Å². The van der Waals surface area contributed by atoms with Crippen molar-refractivity contribution in [2.45, 2.75) is 36.9 Å². The molecule has 2 aliphatic rings. The highest BCUT2D eigenvalue weighted by Crippen LogP contribution is 2.35. The van der Waals surface area contributed by atoms with Crippen molar-refractivity contribution in [3.63, 3.8) is 0 Å². The highest BCUT2D eigenvalue weighted by Gasteiger charge is 2.41. The largest absolute Gasteiger partial charge is 0.494 e. The molecule has 1 aromatic rings. The molecule has 122 valence electrons. The second-order valence-electron chi connectivity index (χ2n) is 5.93. The molecule has 5 nitrogen and oxygen atoms in total. The van der Waals surface area contributed by atoms with Crippen LogP contribution >= 0.6 is 0 Å². The molecule has 0 aliphatic carbocycles. The lowest BCUT2D eigenvalue weighted by atomic mass is 9.94. The summed E-state index contributed by atoms with van der Waals surface area (Å²) in [4.78, 5) is -0.0313. The van der Waals surface area contributed by atoms with E-state index in [1.807, 2.05) is 6.92 Å². The number of hydrogen-bond acceptors (Lipinski definition) is 4. The molecule has 2 heterocycles. The molecule has 2 saturated heterocycles. The van der Waals surface area contributed by atoms with Crippen molar-refractivity contribution in [2.24, 2.45) is 5.92 Å². The van der Waals surface area contributed by atoms with E-state index in [-0.39, 0.29) is 28.8 Å². The van der Waals surface area contributed by atoms with Gasteiger partial charge >= 0.3 is 0 Å². The minimum absolute atomic E-state index is 0.0313. The third-order valence-corrected chi connectivity index (χ3v) is 6.29. The van der Waals surface area contributed by atoms with E-state index in [1.165, 1.54) is 23.5 Å². The first kappa shape index (κ1) is 15.7. The Bertz CT molecular complexity index is 664. The van der Waals surface area contributed by atoms with E-state index in [0.29, 0.717) is 19.5 Å². The predicted molar refractivity (Wildman–Crippen MR) is 78.8 cm³/mol. The number of methoxy groups -OCH3 is 1. The molecule has 0 saturated carbocycles. The Balaban J connectivity index is 1.82. The second kappa shape index (κ2) is 5.79. The van der Waals surface area contributed by atoms with Crippen LogP contribution in [0.1, 0.15) is 19.8 Å². The van der Waals surface area contributed by atoms with E-state index in [2.05, 4.69) is 0 Å². The maximum Gasteiger partial charge on any atom is 0.243 e. The highest BCUT2D eigenvalue weighted by molar-refractivity contribution is 7.89. The van der Waals surface area contributed by atoms with E-state index < -0.39 is 15.8 Å². The van der Waals surface area contributed by atoms with Gasteiger partial charge in [0.05, 0.1) is 24.2 Å². The molecular formula is C15H20FNO4S. The van der Waals surface area contributed by atoms with Gasteiger partial charge in [-0.1, -0.05) is 0 Å². The van der Waals surface area contributed by atoms with Crippen molar-refractivity contribution in [3.8, 4) is 5.75 Å². The Morgan fingerprint density at radius 1 is 1.41 bits per heavy atom. The second-order valence-corrected chi connectivity index (χ2v) is 7.87. The maximum absolute atomic E-state index is 13.8. The Labute approximate surface area is 130 Å². The molecule has 0 unspecified atom stereocenters. The van der Waals surface area contributed by atoms with Crippen LogP contribution in [0, 0.1) is 11.7 Å². The quantitative estimate of drug-likeness (QED) is 0.851. The number of sulfonamides is 1. The fourth-order valence-electron chi connectivity index (χ4n) is 3.34. The highest BCUT2D eigenvalue weighted by atomic mass is 32.2. The van der Waals surface area contributed by atoms with Crippen LogP contribution in [-0.4, -0.2) is 45.1 Å². The van der Waals surface area contributed by atoms with Gasteiger partial charge in [0.1, 0.15) is 0 Å². The maximum atomic E-state index is 13.8. The third kappa shape index (κ3) is 2.73. The number of hydrogen-bond donors (Lipinski definition) is 0. The summed E-state index contributed by atoms with van der Waals surface area (Å²) in [5.41, 5.74) is 0. The van der Waals surface area contributed by atoms with Crippen LogP contribution < -0.4 is 4.74 Å². The summed E-state index contributed by atoms with van der Waals surface area (Å²) in [5, 5.41) is 0. The molecule has 0 amide bonds. The SMILES string of the molecule is COc1ccc(S(=O)(=O)N2CC[C@@H]3O[C@@H](C)C[C@H]3C2)cc1F. The fourth-order valence-corrected chi connectivity index (χ4v) is 4.86. The fraction of sp³-hybridized carbons (Fsp3) is 0.600. The molecule has 7 heteroatoms. The molecule has 1 aromatic carbocycles. The lowest BCUT2D eigenvalue weighted by molar-refractivity contribution is 0.0206. The van der Waals surface area contributed by atoms with Gasteiger partial charge in [0.15, 0.2) is 11.6 Å². The van der Waals surface area contributed by atoms with Gasteiger partial charge in [-0.25, -0.2) is 12.8 Å². The Morgan fingerprint density at radius 3 is 2.86 bits per heavy atom. The summed E-state index contributed by atoms with van der Waals surface area (Å²) in [6.07, 6.45) is 1.88. The molecule has 2 fully saturated rings. The zero-order valence-corrected chi connectivity index (χ0v) is 13.5. The number of fused-ring (bicyclic) bond motifs is 1. The molecule has 3 atom stereocenters. The van der Waals surface area contributed by atoms with E-state index >= 15 is 0 Å². The topological polar surface area (TPSA) is 55.8 Å².